The number of ether oxygens (including phenoxy) is 1. The molecule has 0 spiro atoms. The summed E-state index contributed by atoms with van der Waals surface area (Å²) in [5, 5.41) is 12.2. The van der Waals surface area contributed by atoms with Gasteiger partial charge in [-0.2, -0.15) is 0 Å². The van der Waals surface area contributed by atoms with E-state index < -0.39 is 6.10 Å². The van der Waals surface area contributed by atoms with Crippen LogP contribution in [0.3, 0.4) is 0 Å². The van der Waals surface area contributed by atoms with Crippen LogP contribution in [0.5, 0.6) is 5.75 Å². The molecule has 2 aromatic rings. The summed E-state index contributed by atoms with van der Waals surface area (Å²) in [5.41, 5.74) is 3.62. The van der Waals surface area contributed by atoms with Gasteiger partial charge in [-0.3, -0.25) is 0 Å². The first-order valence-corrected chi connectivity index (χ1v) is 7.82. The van der Waals surface area contributed by atoms with Crippen molar-refractivity contribution in [2.24, 2.45) is 0 Å². The van der Waals surface area contributed by atoms with Gasteiger partial charge in [-0.25, -0.2) is 0 Å². The maximum Gasteiger partial charge on any atom is 0.137 e. The Balaban J connectivity index is 1.77. The van der Waals surface area contributed by atoms with Crippen LogP contribution in [0.4, 0.5) is 0 Å². The fourth-order valence-electron chi connectivity index (χ4n) is 2.53. The number of hydrogen-bond acceptors (Lipinski definition) is 2. The molecule has 0 saturated heterocycles. The summed E-state index contributed by atoms with van der Waals surface area (Å²) in [4.78, 5) is 0. The summed E-state index contributed by atoms with van der Waals surface area (Å²) in [7, 11) is 0. The van der Waals surface area contributed by atoms with Crippen molar-refractivity contribution in [3.05, 3.63) is 65.2 Å². The minimum atomic E-state index is -0.480. The highest BCUT2D eigenvalue weighted by atomic mass is 16.5. The molecule has 3 heteroatoms. The number of rotatable bonds is 7. The minimum Gasteiger partial charge on any atom is -0.491 e. The average Bonchev–Trinajstić information content (AvgIpc) is 2.50. The lowest BCUT2D eigenvalue weighted by Gasteiger charge is -2.15. The number of benzene rings is 2. The van der Waals surface area contributed by atoms with E-state index in [-0.39, 0.29) is 0 Å². The van der Waals surface area contributed by atoms with Crippen molar-refractivity contribution in [2.45, 2.75) is 32.9 Å². The highest BCUT2D eigenvalue weighted by Gasteiger charge is 2.12. The van der Waals surface area contributed by atoms with Gasteiger partial charge in [-0.05, 0) is 44.0 Å². The fraction of sp³-hybridized carbons (Fsp3) is 0.368. The molecule has 0 aliphatic rings. The van der Waals surface area contributed by atoms with E-state index in [2.05, 4.69) is 30.4 Å². The Morgan fingerprint density at radius 2 is 1.68 bits per heavy atom. The van der Waals surface area contributed by atoms with Crippen LogP contribution in [-0.2, 0) is 0 Å². The molecule has 3 N–H and O–H groups in total. The normalized spacial score (nSPS) is 13.6. The van der Waals surface area contributed by atoms with Crippen molar-refractivity contribution in [1.82, 2.24) is 0 Å². The Labute approximate surface area is 133 Å². The van der Waals surface area contributed by atoms with Crippen molar-refractivity contribution < 1.29 is 15.2 Å². The van der Waals surface area contributed by atoms with E-state index in [9.17, 15) is 5.11 Å². The van der Waals surface area contributed by atoms with Crippen LogP contribution >= 0.6 is 0 Å². The summed E-state index contributed by atoms with van der Waals surface area (Å²) in [6.45, 7) is 7.19. The fourth-order valence-corrected chi connectivity index (χ4v) is 2.53. The molecule has 0 aromatic heterocycles. The first-order chi connectivity index (χ1) is 10.5. The predicted molar refractivity (Wildman–Crippen MR) is 89.1 cm³/mol. The van der Waals surface area contributed by atoms with Gasteiger partial charge in [0.2, 0.25) is 0 Å². The zero-order chi connectivity index (χ0) is 15.9. The second kappa shape index (κ2) is 7.97. The van der Waals surface area contributed by atoms with Gasteiger partial charge in [0.25, 0.3) is 0 Å². The number of quaternary nitrogens is 1. The molecule has 0 fully saturated rings. The standard InChI is InChI=1S/C19H25NO2/c1-14-9-15(2)11-19(10-14)22-13-18(21)12-20-16(3)17-7-5-4-6-8-17/h4-11,16,18,20-21H,12-13H2,1-3H3/p+1/t16-,18+/m0/s1. The smallest absolute Gasteiger partial charge is 0.137 e. The molecule has 0 unspecified atom stereocenters. The van der Waals surface area contributed by atoms with Gasteiger partial charge in [-0.1, -0.05) is 36.4 Å². The number of hydrogen-bond donors (Lipinski definition) is 2. The largest absolute Gasteiger partial charge is 0.491 e. The van der Waals surface area contributed by atoms with Gasteiger partial charge < -0.3 is 15.2 Å². The lowest BCUT2D eigenvalue weighted by atomic mass is 10.1. The molecular weight excluding hydrogens is 274 g/mol. The molecule has 2 atom stereocenters. The molecule has 0 aliphatic heterocycles. The first kappa shape index (κ1) is 16.5. The third kappa shape index (κ3) is 5.17. The van der Waals surface area contributed by atoms with Gasteiger partial charge in [0, 0.05) is 5.56 Å². The zero-order valence-corrected chi connectivity index (χ0v) is 13.6. The van der Waals surface area contributed by atoms with Gasteiger partial charge in [-0.15, -0.1) is 0 Å². The molecule has 0 radical (unpaired) electrons. The SMILES string of the molecule is Cc1cc(C)cc(OC[C@H](O)C[NH2+][C@@H](C)c2ccccc2)c1. The summed E-state index contributed by atoms with van der Waals surface area (Å²) < 4.78 is 5.70. The number of nitrogens with two attached hydrogens (primary N) is 1. The van der Waals surface area contributed by atoms with E-state index in [1.807, 2.05) is 44.2 Å². The summed E-state index contributed by atoms with van der Waals surface area (Å²) in [5.74, 6) is 0.827. The molecule has 118 valence electrons. The second-order valence-electron chi connectivity index (χ2n) is 5.96. The lowest BCUT2D eigenvalue weighted by molar-refractivity contribution is -0.698. The molecule has 3 nitrogen and oxygen atoms in total. The molecule has 0 saturated carbocycles. The van der Waals surface area contributed by atoms with Gasteiger partial charge in [0.15, 0.2) is 0 Å². The summed E-state index contributed by atoms with van der Waals surface area (Å²) in [6.07, 6.45) is -0.480. The Bertz CT molecular complexity index is 563. The van der Waals surface area contributed by atoms with Crippen molar-refractivity contribution in [2.75, 3.05) is 13.2 Å². The van der Waals surface area contributed by atoms with Crippen molar-refractivity contribution in [3.63, 3.8) is 0 Å². The zero-order valence-electron chi connectivity index (χ0n) is 13.6. The van der Waals surface area contributed by atoms with E-state index >= 15 is 0 Å². The van der Waals surface area contributed by atoms with E-state index in [0.717, 1.165) is 5.75 Å². The Hall–Kier alpha value is -1.84. The molecule has 0 aliphatic carbocycles. The van der Waals surface area contributed by atoms with Crippen LogP contribution in [0.15, 0.2) is 48.5 Å². The molecular formula is C19H26NO2+. The van der Waals surface area contributed by atoms with Gasteiger partial charge >= 0.3 is 0 Å². The summed E-state index contributed by atoms with van der Waals surface area (Å²) in [6, 6.07) is 16.8. The molecule has 2 aromatic carbocycles. The minimum absolute atomic E-state index is 0.320. The van der Waals surface area contributed by atoms with Crippen molar-refractivity contribution in [1.29, 1.82) is 0 Å². The highest BCUT2D eigenvalue weighted by Crippen LogP contribution is 2.16. The van der Waals surface area contributed by atoms with E-state index in [4.69, 9.17) is 4.74 Å². The lowest BCUT2D eigenvalue weighted by Crippen LogP contribution is -2.87. The van der Waals surface area contributed by atoms with Crippen LogP contribution in [0.25, 0.3) is 0 Å². The topological polar surface area (TPSA) is 46.1 Å². The molecule has 22 heavy (non-hydrogen) atoms. The van der Waals surface area contributed by atoms with Crippen molar-refractivity contribution >= 4 is 0 Å². The molecule has 2 rings (SSSR count). The van der Waals surface area contributed by atoms with E-state index in [1.165, 1.54) is 16.7 Å². The Morgan fingerprint density at radius 1 is 1.05 bits per heavy atom. The second-order valence-corrected chi connectivity index (χ2v) is 5.96. The molecule has 0 bridgehead atoms. The van der Waals surface area contributed by atoms with Crippen LogP contribution in [0.2, 0.25) is 0 Å². The van der Waals surface area contributed by atoms with Crippen LogP contribution in [-0.4, -0.2) is 24.4 Å². The predicted octanol–water partition coefficient (Wildman–Crippen LogP) is 2.37. The summed E-state index contributed by atoms with van der Waals surface area (Å²) >= 11 is 0. The Kier molecular flexibility index (Phi) is 5.99. The first-order valence-electron chi connectivity index (χ1n) is 7.82. The quantitative estimate of drug-likeness (QED) is 0.824. The Morgan fingerprint density at radius 3 is 2.32 bits per heavy atom. The third-order valence-corrected chi connectivity index (χ3v) is 3.72. The van der Waals surface area contributed by atoms with Crippen LogP contribution < -0.4 is 10.1 Å². The highest BCUT2D eigenvalue weighted by molar-refractivity contribution is 5.33. The van der Waals surface area contributed by atoms with Crippen LogP contribution in [0, 0.1) is 13.8 Å². The molecule has 0 amide bonds. The monoisotopic (exact) mass is 300 g/mol. The third-order valence-electron chi connectivity index (χ3n) is 3.72. The molecule has 0 heterocycles. The van der Waals surface area contributed by atoms with E-state index in [0.29, 0.717) is 19.2 Å². The van der Waals surface area contributed by atoms with Crippen molar-refractivity contribution in [3.8, 4) is 5.75 Å². The maximum atomic E-state index is 10.1. The van der Waals surface area contributed by atoms with Gasteiger partial charge in [0.05, 0.1) is 0 Å². The average molecular weight is 300 g/mol. The number of aliphatic hydroxyl groups excluding tert-OH is 1. The van der Waals surface area contributed by atoms with E-state index in [1.54, 1.807) is 0 Å². The number of aryl methyl sites for hydroxylation is 2. The maximum absolute atomic E-state index is 10.1. The van der Waals surface area contributed by atoms with Crippen LogP contribution in [0.1, 0.15) is 29.7 Å². The van der Waals surface area contributed by atoms with Gasteiger partial charge in [0.1, 0.15) is 31.0 Å². The number of aliphatic hydroxyl groups is 1.